The van der Waals surface area contributed by atoms with Gasteiger partial charge in [0.25, 0.3) is 0 Å². The molecule has 0 aliphatic rings. The Morgan fingerprint density at radius 3 is 2.65 bits per heavy atom. The van der Waals surface area contributed by atoms with Crippen LogP contribution in [0.5, 0.6) is 0 Å². The van der Waals surface area contributed by atoms with Crippen LogP contribution in [0, 0.1) is 0 Å². The second kappa shape index (κ2) is 7.29. The van der Waals surface area contributed by atoms with E-state index in [2.05, 4.69) is 42.0 Å². The molecule has 3 N–H and O–H groups in total. The number of nitrogen functional groups attached to an aromatic ring is 1. The fourth-order valence-corrected chi connectivity index (χ4v) is 2.09. The number of nitrogens with one attached hydrogen (secondary N) is 1. The number of nitrogens with two attached hydrogens (primary N) is 1. The van der Waals surface area contributed by atoms with Crippen molar-refractivity contribution in [2.75, 3.05) is 18.2 Å². The Balaban J connectivity index is 2.94. The van der Waals surface area contributed by atoms with Crippen LogP contribution in [-0.4, -0.2) is 24.0 Å². The number of hydrogen-bond donors (Lipinski definition) is 2. The summed E-state index contributed by atoms with van der Waals surface area (Å²) in [5.41, 5.74) is 7.92. The van der Waals surface area contributed by atoms with Crippen molar-refractivity contribution in [2.24, 2.45) is 0 Å². The molecule has 112 valence electrons. The summed E-state index contributed by atoms with van der Waals surface area (Å²) in [4.78, 5) is 11.9. The molecule has 1 rings (SSSR count). The minimum absolute atomic E-state index is 0.0337. The van der Waals surface area contributed by atoms with Gasteiger partial charge in [-0.25, -0.2) is 4.79 Å². The van der Waals surface area contributed by atoms with Crippen molar-refractivity contribution in [1.82, 2.24) is 5.32 Å². The van der Waals surface area contributed by atoms with Crippen LogP contribution in [0.4, 0.5) is 5.69 Å². The molecular weight excluding hydrogens is 344 g/mol. The number of carbonyl (C=O) groups excluding carboxylic acids is 1. The van der Waals surface area contributed by atoms with Crippen LogP contribution in [0.25, 0.3) is 0 Å². The topological polar surface area (TPSA) is 64.3 Å². The first-order valence-corrected chi connectivity index (χ1v) is 7.63. The fraction of sp³-hybridized carbons (Fsp3) is 0.500. The average Bonchev–Trinajstić information content (AvgIpc) is 2.36. The minimum atomic E-state index is -0.400. The van der Waals surface area contributed by atoms with Gasteiger partial charge in [-0.05, 0) is 54.4 Å². The van der Waals surface area contributed by atoms with E-state index in [1.165, 1.54) is 0 Å². The van der Waals surface area contributed by atoms with E-state index in [-0.39, 0.29) is 18.0 Å². The van der Waals surface area contributed by atoms with Gasteiger partial charge in [0.2, 0.25) is 0 Å². The number of rotatable bonds is 5. The maximum atomic E-state index is 11.9. The van der Waals surface area contributed by atoms with E-state index >= 15 is 0 Å². The van der Waals surface area contributed by atoms with Gasteiger partial charge in [-0.15, -0.1) is 11.6 Å². The van der Waals surface area contributed by atoms with E-state index in [4.69, 9.17) is 22.1 Å². The highest BCUT2D eigenvalue weighted by molar-refractivity contribution is 9.10. The first-order valence-electron chi connectivity index (χ1n) is 6.30. The number of carbonyl (C=O) groups is 1. The van der Waals surface area contributed by atoms with E-state index in [9.17, 15) is 4.79 Å². The van der Waals surface area contributed by atoms with Crippen molar-refractivity contribution >= 4 is 39.2 Å². The molecule has 0 unspecified atom stereocenters. The van der Waals surface area contributed by atoms with Gasteiger partial charge in [-0.1, -0.05) is 0 Å². The molecule has 0 spiro atoms. The number of hydrogen-bond acceptors (Lipinski definition) is 4. The van der Waals surface area contributed by atoms with Crippen molar-refractivity contribution in [3.63, 3.8) is 0 Å². The summed E-state index contributed by atoms with van der Waals surface area (Å²) in [5.74, 6) is -0.122. The van der Waals surface area contributed by atoms with Crippen LogP contribution in [0.15, 0.2) is 16.6 Å². The highest BCUT2D eigenvalue weighted by Crippen LogP contribution is 2.26. The summed E-state index contributed by atoms with van der Waals surface area (Å²) < 4.78 is 5.70. The van der Waals surface area contributed by atoms with E-state index in [0.29, 0.717) is 22.3 Å². The molecule has 6 heteroatoms. The van der Waals surface area contributed by atoms with Gasteiger partial charge in [0.05, 0.1) is 17.1 Å². The number of alkyl halides is 1. The Kier molecular flexibility index (Phi) is 6.30. The number of halogens is 2. The minimum Gasteiger partial charge on any atom is -0.461 e. The van der Waals surface area contributed by atoms with Crippen molar-refractivity contribution in [2.45, 2.75) is 32.9 Å². The third-order valence-electron chi connectivity index (χ3n) is 2.57. The lowest BCUT2D eigenvalue weighted by atomic mass is 10.1. The maximum absolute atomic E-state index is 11.9. The largest absolute Gasteiger partial charge is 0.461 e. The van der Waals surface area contributed by atoms with Crippen molar-refractivity contribution in [3.8, 4) is 0 Å². The molecule has 0 aromatic heterocycles. The summed E-state index contributed by atoms with van der Waals surface area (Å²) in [6.07, 6.45) is 0. The molecule has 0 radical (unpaired) electrons. The van der Waals surface area contributed by atoms with Gasteiger partial charge in [0.15, 0.2) is 0 Å². The van der Waals surface area contributed by atoms with Crippen LogP contribution >= 0.6 is 27.5 Å². The van der Waals surface area contributed by atoms with Gasteiger partial charge in [-0.3, -0.25) is 0 Å². The van der Waals surface area contributed by atoms with E-state index in [1.807, 2.05) is 0 Å². The summed E-state index contributed by atoms with van der Waals surface area (Å²) >= 11 is 8.87. The SMILES string of the molecule is CC(C)(C)NCc1cc(C(=O)OCCCl)cc(Br)c1N. The number of esters is 1. The Morgan fingerprint density at radius 1 is 1.45 bits per heavy atom. The van der Waals surface area contributed by atoms with Crippen molar-refractivity contribution in [1.29, 1.82) is 0 Å². The summed E-state index contributed by atoms with van der Waals surface area (Å²) in [6.45, 7) is 6.97. The van der Waals surface area contributed by atoms with Gasteiger partial charge < -0.3 is 15.8 Å². The number of benzene rings is 1. The third kappa shape index (κ3) is 5.31. The lowest BCUT2D eigenvalue weighted by molar-refractivity contribution is 0.0529. The molecule has 0 fully saturated rings. The lowest BCUT2D eigenvalue weighted by Gasteiger charge is -2.21. The van der Waals surface area contributed by atoms with Gasteiger partial charge >= 0.3 is 5.97 Å². The second-order valence-corrected chi connectivity index (χ2v) is 6.69. The Morgan fingerprint density at radius 2 is 2.10 bits per heavy atom. The van der Waals surface area contributed by atoms with Crippen LogP contribution < -0.4 is 11.1 Å². The maximum Gasteiger partial charge on any atom is 0.338 e. The molecule has 0 atom stereocenters. The molecule has 20 heavy (non-hydrogen) atoms. The molecule has 1 aromatic carbocycles. The molecule has 0 aliphatic heterocycles. The average molecular weight is 364 g/mol. The normalized spacial score (nSPS) is 11.4. The van der Waals surface area contributed by atoms with E-state index in [1.54, 1.807) is 12.1 Å². The van der Waals surface area contributed by atoms with Gasteiger partial charge in [0.1, 0.15) is 6.61 Å². The predicted octanol–water partition coefficient (Wildman–Crippen LogP) is 3.32. The first kappa shape index (κ1) is 17.3. The molecule has 0 aliphatic carbocycles. The van der Waals surface area contributed by atoms with Gasteiger partial charge in [0, 0.05) is 16.6 Å². The molecular formula is C14H20BrClN2O2. The molecule has 0 bridgehead atoms. The molecule has 0 saturated carbocycles. The van der Waals surface area contributed by atoms with Crippen LogP contribution in [0.3, 0.4) is 0 Å². The lowest BCUT2D eigenvalue weighted by Crippen LogP contribution is -2.35. The summed E-state index contributed by atoms with van der Waals surface area (Å²) in [7, 11) is 0. The Labute approximate surface area is 133 Å². The third-order valence-corrected chi connectivity index (χ3v) is 3.38. The zero-order valence-corrected chi connectivity index (χ0v) is 14.3. The molecule has 0 saturated heterocycles. The monoisotopic (exact) mass is 362 g/mol. The zero-order valence-electron chi connectivity index (χ0n) is 11.9. The predicted molar refractivity (Wildman–Crippen MR) is 86.1 cm³/mol. The van der Waals surface area contributed by atoms with Crippen molar-refractivity contribution < 1.29 is 9.53 Å². The fourth-order valence-electron chi connectivity index (χ4n) is 1.51. The first-order chi connectivity index (χ1) is 9.24. The van der Waals surface area contributed by atoms with Crippen molar-refractivity contribution in [3.05, 3.63) is 27.7 Å². The quantitative estimate of drug-likeness (QED) is 0.478. The van der Waals surface area contributed by atoms with E-state index in [0.717, 1.165) is 5.56 Å². The Hall–Kier alpha value is -0.780. The Bertz CT molecular complexity index is 487. The zero-order chi connectivity index (χ0) is 15.3. The smallest absolute Gasteiger partial charge is 0.338 e. The van der Waals surface area contributed by atoms with E-state index < -0.39 is 5.97 Å². The van der Waals surface area contributed by atoms with Crippen LogP contribution in [-0.2, 0) is 11.3 Å². The summed E-state index contributed by atoms with van der Waals surface area (Å²) in [5, 5.41) is 3.34. The van der Waals surface area contributed by atoms with Crippen LogP contribution in [0.2, 0.25) is 0 Å². The van der Waals surface area contributed by atoms with Crippen LogP contribution in [0.1, 0.15) is 36.7 Å². The molecule has 0 amide bonds. The molecule has 1 aromatic rings. The summed E-state index contributed by atoms with van der Waals surface area (Å²) in [6, 6.07) is 3.40. The molecule has 0 heterocycles. The molecule has 4 nitrogen and oxygen atoms in total. The highest BCUT2D eigenvalue weighted by Gasteiger charge is 2.15. The number of ether oxygens (including phenoxy) is 1. The number of anilines is 1. The van der Waals surface area contributed by atoms with Gasteiger partial charge in [-0.2, -0.15) is 0 Å². The highest BCUT2D eigenvalue weighted by atomic mass is 79.9. The standard InChI is InChI=1S/C14H20BrClN2O2/c1-14(2,3)18-8-10-6-9(7-11(15)12(10)17)13(19)20-5-4-16/h6-7,18H,4-5,8,17H2,1-3H3. The second-order valence-electron chi connectivity index (χ2n) is 5.46.